The van der Waals surface area contributed by atoms with E-state index in [1.165, 1.54) is 12.4 Å². The van der Waals surface area contributed by atoms with E-state index in [2.05, 4.69) is 25.1 Å². The molecule has 0 aliphatic heterocycles. The lowest BCUT2D eigenvalue weighted by Gasteiger charge is -2.13. The number of rotatable bonds is 4. The van der Waals surface area contributed by atoms with Crippen molar-refractivity contribution in [3.63, 3.8) is 0 Å². The Labute approximate surface area is 174 Å². The zero-order valence-corrected chi connectivity index (χ0v) is 16.4. The average Bonchev–Trinajstić information content (AvgIpc) is 3.22. The molecule has 3 heterocycles. The third-order valence-corrected chi connectivity index (χ3v) is 5.47. The molecule has 0 fully saturated rings. The quantitative estimate of drug-likeness (QED) is 0.451. The van der Waals surface area contributed by atoms with Gasteiger partial charge in [0.25, 0.3) is 0 Å². The van der Waals surface area contributed by atoms with Gasteiger partial charge in [0.05, 0.1) is 33.7 Å². The molecule has 0 aliphatic rings. The minimum Gasteiger partial charge on any atom is -0.358 e. The van der Waals surface area contributed by atoms with Crippen LogP contribution in [0.3, 0.4) is 0 Å². The smallest absolute Gasteiger partial charge is 0.200 e. The molecule has 0 bridgehead atoms. The summed E-state index contributed by atoms with van der Waals surface area (Å²) in [7, 11) is 0. The number of hydrogen-bond donors (Lipinski definition) is 2. The number of H-pyrrole nitrogens is 2. The van der Waals surface area contributed by atoms with E-state index in [1.807, 2.05) is 0 Å². The SMILES string of the molecule is O=c1c(-c2ccccc2Cl)c(CCc2ncnc3[nH]ncc23)[nH]c2cccc(F)c12. The van der Waals surface area contributed by atoms with E-state index >= 15 is 0 Å². The van der Waals surface area contributed by atoms with E-state index < -0.39 is 5.82 Å². The number of halogens is 2. The molecule has 0 radical (unpaired) electrons. The van der Waals surface area contributed by atoms with Gasteiger partial charge in [-0.15, -0.1) is 0 Å². The van der Waals surface area contributed by atoms with Gasteiger partial charge in [-0.25, -0.2) is 14.4 Å². The summed E-state index contributed by atoms with van der Waals surface area (Å²) >= 11 is 6.39. The van der Waals surface area contributed by atoms with Gasteiger partial charge in [0.2, 0.25) is 0 Å². The van der Waals surface area contributed by atoms with Crippen molar-refractivity contribution in [2.75, 3.05) is 0 Å². The standard InChI is InChI=1S/C22H15ClFN5O/c23-14-5-2-1-4-12(14)19-18(28-17-7-3-6-15(24)20(17)21(19)30)9-8-16-13-10-27-29-22(13)26-11-25-16/h1-7,10-11H,8-9H2,(H,28,30)(H,25,26,27,29). The first-order chi connectivity index (χ1) is 14.6. The molecule has 0 saturated heterocycles. The maximum atomic E-state index is 14.5. The number of fused-ring (bicyclic) bond motifs is 2. The normalized spacial score (nSPS) is 11.4. The number of aromatic amines is 2. The number of pyridine rings is 1. The summed E-state index contributed by atoms with van der Waals surface area (Å²) in [6.07, 6.45) is 4.16. The Bertz CT molecular complexity index is 1460. The van der Waals surface area contributed by atoms with Crippen LogP contribution in [0.1, 0.15) is 11.4 Å². The highest BCUT2D eigenvalue weighted by atomic mass is 35.5. The number of benzene rings is 2. The van der Waals surface area contributed by atoms with Crippen LogP contribution in [0.4, 0.5) is 4.39 Å². The monoisotopic (exact) mass is 419 g/mol. The van der Waals surface area contributed by atoms with Crippen molar-refractivity contribution in [1.29, 1.82) is 0 Å². The van der Waals surface area contributed by atoms with E-state index in [0.29, 0.717) is 45.8 Å². The molecule has 0 aliphatic carbocycles. The van der Waals surface area contributed by atoms with Gasteiger partial charge >= 0.3 is 0 Å². The van der Waals surface area contributed by atoms with E-state index in [0.717, 1.165) is 11.1 Å². The van der Waals surface area contributed by atoms with Crippen LogP contribution in [-0.2, 0) is 12.8 Å². The molecule has 30 heavy (non-hydrogen) atoms. The first-order valence-corrected chi connectivity index (χ1v) is 9.72. The Morgan fingerprint density at radius 3 is 2.77 bits per heavy atom. The third kappa shape index (κ3) is 3.04. The summed E-state index contributed by atoms with van der Waals surface area (Å²) in [4.78, 5) is 25.1. The minimum absolute atomic E-state index is 0.0235. The Kier molecular flexibility index (Phi) is 4.52. The summed E-state index contributed by atoms with van der Waals surface area (Å²) in [6.45, 7) is 0. The fourth-order valence-electron chi connectivity index (χ4n) is 3.74. The van der Waals surface area contributed by atoms with Crippen molar-refractivity contribution in [2.45, 2.75) is 12.8 Å². The van der Waals surface area contributed by atoms with E-state index in [1.54, 1.807) is 42.6 Å². The van der Waals surface area contributed by atoms with Crippen LogP contribution >= 0.6 is 11.6 Å². The Morgan fingerprint density at radius 2 is 1.90 bits per heavy atom. The number of nitrogens with zero attached hydrogens (tertiary/aromatic N) is 3. The highest BCUT2D eigenvalue weighted by Gasteiger charge is 2.19. The first kappa shape index (κ1) is 18.4. The van der Waals surface area contributed by atoms with Crippen molar-refractivity contribution in [3.05, 3.63) is 87.4 Å². The number of aromatic nitrogens is 5. The number of hydrogen-bond acceptors (Lipinski definition) is 4. The second-order valence-corrected chi connectivity index (χ2v) is 7.31. The Balaban J connectivity index is 1.69. The lowest BCUT2D eigenvalue weighted by atomic mass is 9.97. The van der Waals surface area contributed by atoms with Crippen LogP contribution in [0.5, 0.6) is 0 Å². The Morgan fingerprint density at radius 1 is 1.03 bits per heavy atom. The molecule has 0 amide bonds. The third-order valence-electron chi connectivity index (χ3n) is 5.14. The number of nitrogens with one attached hydrogen (secondary N) is 2. The molecular formula is C22H15ClFN5O. The fraction of sp³-hybridized carbons (Fsp3) is 0.0909. The van der Waals surface area contributed by atoms with Crippen LogP contribution in [0.25, 0.3) is 33.1 Å². The molecule has 0 spiro atoms. The summed E-state index contributed by atoms with van der Waals surface area (Å²) in [5.41, 5.74) is 3.12. The summed E-state index contributed by atoms with van der Waals surface area (Å²) in [5, 5.41) is 8.12. The summed E-state index contributed by atoms with van der Waals surface area (Å²) < 4.78 is 14.5. The molecule has 5 rings (SSSR count). The van der Waals surface area contributed by atoms with Gasteiger partial charge < -0.3 is 4.98 Å². The lowest BCUT2D eigenvalue weighted by molar-refractivity contribution is 0.639. The minimum atomic E-state index is -0.565. The molecular weight excluding hydrogens is 405 g/mol. The molecule has 5 aromatic rings. The van der Waals surface area contributed by atoms with E-state index in [9.17, 15) is 9.18 Å². The highest BCUT2D eigenvalue weighted by molar-refractivity contribution is 6.33. The molecule has 0 unspecified atom stereocenters. The number of aryl methyl sites for hydroxylation is 2. The van der Waals surface area contributed by atoms with Crippen LogP contribution in [0.2, 0.25) is 5.02 Å². The van der Waals surface area contributed by atoms with E-state index in [4.69, 9.17) is 11.6 Å². The molecule has 2 aromatic carbocycles. The molecule has 3 aromatic heterocycles. The zero-order valence-electron chi connectivity index (χ0n) is 15.6. The Hall–Kier alpha value is -3.58. The topological polar surface area (TPSA) is 87.3 Å². The maximum absolute atomic E-state index is 14.5. The van der Waals surface area contributed by atoms with E-state index in [-0.39, 0.29) is 10.8 Å². The predicted molar refractivity (Wildman–Crippen MR) is 114 cm³/mol. The second-order valence-electron chi connectivity index (χ2n) is 6.90. The summed E-state index contributed by atoms with van der Waals surface area (Å²) in [5.74, 6) is -0.565. The molecule has 0 atom stereocenters. The van der Waals surface area contributed by atoms with Crippen LogP contribution in [-0.4, -0.2) is 25.1 Å². The molecule has 0 saturated carbocycles. The maximum Gasteiger partial charge on any atom is 0.200 e. The first-order valence-electron chi connectivity index (χ1n) is 9.34. The lowest BCUT2D eigenvalue weighted by Crippen LogP contribution is -2.14. The van der Waals surface area contributed by atoms with Gasteiger partial charge in [-0.2, -0.15) is 5.10 Å². The van der Waals surface area contributed by atoms with Gasteiger partial charge in [-0.05, 0) is 31.0 Å². The fourth-order valence-corrected chi connectivity index (χ4v) is 3.97. The molecule has 8 heteroatoms. The van der Waals surface area contributed by atoms with Crippen molar-refractivity contribution in [3.8, 4) is 11.1 Å². The predicted octanol–water partition coefficient (Wildman–Crippen LogP) is 4.44. The zero-order chi connectivity index (χ0) is 20.7. The van der Waals surface area contributed by atoms with Crippen LogP contribution in [0, 0.1) is 5.82 Å². The van der Waals surface area contributed by atoms with Gasteiger partial charge in [-0.1, -0.05) is 35.9 Å². The van der Waals surface area contributed by atoms with Crippen molar-refractivity contribution in [2.24, 2.45) is 0 Å². The molecule has 148 valence electrons. The van der Waals surface area contributed by atoms with Gasteiger partial charge in [0, 0.05) is 16.3 Å². The van der Waals surface area contributed by atoms with Crippen LogP contribution < -0.4 is 5.43 Å². The highest BCUT2D eigenvalue weighted by Crippen LogP contribution is 2.30. The van der Waals surface area contributed by atoms with Gasteiger partial charge in [0.1, 0.15) is 12.1 Å². The molecule has 6 nitrogen and oxygen atoms in total. The molecule has 2 N–H and O–H groups in total. The van der Waals surface area contributed by atoms with Gasteiger partial charge in [-0.3, -0.25) is 9.89 Å². The van der Waals surface area contributed by atoms with Crippen molar-refractivity contribution >= 4 is 33.5 Å². The van der Waals surface area contributed by atoms with Crippen LogP contribution in [0.15, 0.2) is 59.8 Å². The van der Waals surface area contributed by atoms with Crippen molar-refractivity contribution in [1.82, 2.24) is 25.1 Å². The second kappa shape index (κ2) is 7.35. The van der Waals surface area contributed by atoms with Crippen molar-refractivity contribution < 1.29 is 4.39 Å². The van der Waals surface area contributed by atoms with Gasteiger partial charge in [0.15, 0.2) is 11.1 Å². The largest absolute Gasteiger partial charge is 0.358 e. The summed E-state index contributed by atoms with van der Waals surface area (Å²) in [6, 6.07) is 11.6. The average molecular weight is 420 g/mol.